The first-order chi connectivity index (χ1) is 17.8. The van der Waals surface area contributed by atoms with Crippen LogP contribution in [0.2, 0.25) is 0 Å². The summed E-state index contributed by atoms with van der Waals surface area (Å²) in [7, 11) is 0. The van der Waals surface area contributed by atoms with E-state index in [1.165, 1.54) is 19.9 Å². The Bertz CT molecular complexity index is 1190. The van der Waals surface area contributed by atoms with Crippen LogP contribution in [0.5, 0.6) is 17.2 Å². The Balaban J connectivity index is 2.22. The van der Waals surface area contributed by atoms with Gasteiger partial charge in [-0.25, -0.2) is 14.0 Å². The average molecular weight is 529 g/mol. The van der Waals surface area contributed by atoms with E-state index < -0.39 is 23.2 Å². The molecule has 0 aromatic heterocycles. The molecule has 0 atom stereocenters. The number of benzene rings is 2. The molecule has 38 heavy (non-hydrogen) atoms. The van der Waals surface area contributed by atoms with Crippen LogP contribution in [0.15, 0.2) is 60.7 Å². The summed E-state index contributed by atoms with van der Waals surface area (Å²) in [6.07, 6.45) is 0. The Morgan fingerprint density at radius 2 is 1.32 bits per heavy atom. The van der Waals surface area contributed by atoms with Crippen LogP contribution in [0.25, 0.3) is 11.1 Å². The van der Waals surface area contributed by atoms with E-state index >= 15 is 4.39 Å². The standard InChI is InChI=1S/C29H33FO8/c1-18(2)26(31)36-14-12-34-24-17-21(16-23(30)25(24)35-13-15-37-27(32)19(3)4)20-8-10-22(11-9-20)38-28(33)29(5,6)7/h8-11,16-17H,1,3,12-15H2,2,4-7H3. The monoisotopic (exact) mass is 528 g/mol. The van der Waals surface area contributed by atoms with Crippen molar-refractivity contribution in [2.75, 3.05) is 26.4 Å². The Hall–Kier alpha value is -4.14. The zero-order chi connectivity index (χ0) is 28.5. The van der Waals surface area contributed by atoms with Crippen molar-refractivity contribution < 1.29 is 42.5 Å². The lowest BCUT2D eigenvalue weighted by molar-refractivity contribution is -0.143. The highest BCUT2D eigenvalue weighted by atomic mass is 19.1. The van der Waals surface area contributed by atoms with Crippen LogP contribution in [0.4, 0.5) is 4.39 Å². The number of carbonyl (C=O) groups excluding carboxylic acids is 3. The van der Waals surface area contributed by atoms with Crippen LogP contribution in [0.3, 0.4) is 0 Å². The summed E-state index contributed by atoms with van der Waals surface area (Å²) in [5, 5.41) is 0. The van der Waals surface area contributed by atoms with Gasteiger partial charge in [-0.2, -0.15) is 0 Å². The quantitative estimate of drug-likeness (QED) is 0.156. The molecule has 2 aromatic rings. The molecule has 0 fully saturated rings. The molecule has 0 saturated heterocycles. The second-order valence-electron chi connectivity index (χ2n) is 9.48. The maximum absolute atomic E-state index is 15.1. The third-order valence-electron chi connectivity index (χ3n) is 4.85. The molecule has 0 spiro atoms. The van der Waals surface area contributed by atoms with E-state index in [4.69, 9.17) is 23.7 Å². The molecule has 2 rings (SSSR count). The third-order valence-corrected chi connectivity index (χ3v) is 4.85. The van der Waals surface area contributed by atoms with Gasteiger partial charge in [0.1, 0.15) is 32.2 Å². The molecule has 204 valence electrons. The second kappa shape index (κ2) is 13.4. The largest absolute Gasteiger partial charge is 0.486 e. The van der Waals surface area contributed by atoms with Gasteiger partial charge in [0.25, 0.3) is 0 Å². The number of ether oxygens (including phenoxy) is 5. The number of halogens is 1. The molecular weight excluding hydrogens is 495 g/mol. The number of hydrogen-bond donors (Lipinski definition) is 0. The van der Waals surface area contributed by atoms with Gasteiger partial charge in [-0.1, -0.05) is 25.3 Å². The average Bonchev–Trinajstić information content (AvgIpc) is 2.84. The summed E-state index contributed by atoms with van der Waals surface area (Å²) in [6, 6.07) is 9.39. The zero-order valence-electron chi connectivity index (χ0n) is 22.4. The van der Waals surface area contributed by atoms with Gasteiger partial charge in [0.2, 0.25) is 0 Å². The summed E-state index contributed by atoms with van der Waals surface area (Å²) in [6.45, 7) is 14.8. The van der Waals surface area contributed by atoms with Crippen LogP contribution in [0.1, 0.15) is 34.6 Å². The van der Waals surface area contributed by atoms with Crippen LogP contribution in [-0.2, 0) is 23.9 Å². The predicted octanol–water partition coefficient (Wildman–Crippen LogP) is 5.44. The van der Waals surface area contributed by atoms with E-state index in [9.17, 15) is 14.4 Å². The van der Waals surface area contributed by atoms with Gasteiger partial charge in [-0.15, -0.1) is 0 Å². The third kappa shape index (κ3) is 9.06. The maximum Gasteiger partial charge on any atom is 0.333 e. The fourth-order valence-electron chi connectivity index (χ4n) is 2.77. The van der Waals surface area contributed by atoms with Crippen LogP contribution >= 0.6 is 0 Å². The van der Waals surface area contributed by atoms with Crippen LogP contribution in [-0.4, -0.2) is 44.3 Å². The van der Waals surface area contributed by atoms with E-state index in [0.29, 0.717) is 16.9 Å². The van der Waals surface area contributed by atoms with Crippen molar-refractivity contribution in [3.63, 3.8) is 0 Å². The molecule has 0 heterocycles. The van der Waals surface area contributed by atoms with Gasteiger partial charge < -0.3 is 23.7 Å². The first-order valence-electron chi connectivity index (χ1n) is 11.9. The molecule has 0 aliphatic rings. The highest BCUT2D eigenvalue weighted by Gasteiger charge is 2.24. The topological polar surface area (TPSA) is 97.4 Å². The van der Waals surface area contributed by atoms with Gasteiger partial charge in [-0.05, 0) is 70.0 Å². The van der Waals surface area contributed by atoms with Crippen molar-refractivity contribution >= 4 is 17.9 Å². The molecule has 0 radical (unpaired) electrons. The summed E-state index contributed by atoms with van der Waals surface area (Å²) >= 11 is 0. The van der Waals surface area contributed by atoms with Crippen molar-refractivity contribution in [3.8, 4) is 28.4 Å². The van der Waals surface area contributed by atoms with E-state index in [0.717, 1.165) is 0 Å². The Kier molecular flexibility index (Phi) is 10.6. The molecule has 0 saturated carbocycles. The Morgan fingerprint density at radius 3 is 1.82 bits per heavy atom. The van der Waals surface area contributed by atoms with E-state index in [-0.39, 0.29) is 55.0 Å². The van der Waals surface area contributed by atoms with Crippen molar-refractivity contribution in [1.29, 1.82) is 0 Å². The molecule has 0 aliphatic carbocycles. The number of carbonyl (C=O) groups is 3. The number of hydrogen-bond acceptors (Lipinski definition) is 8. The minimum atomic E-state index is -0.717. The smallest absolute Gasteiger partial charge is 0.333 e. The normalized spacial score (nSPS) is 10.8. The van der Waals surface area contributed by atoms with Crippen molar-refractivity contribution in [2.24, 2.45) is 5.41 Å². The lowest BCUT2D eigenvalue weighted by atomic mass is 9.97. The minimum Gasteiger partial charge on any atom is -0.486 e. The maximum atomic E-state index is 15.1. The number of esters is 3. The van der Waals surface area contributed by atoms with Gasteiger partial charge in [0, 0.05) is 11.1 Å². The minimum absolute atomic E-state index is 0.0563. The Labute approximate surface area is 222 Å². The molecule has 8 nitrogen and oxygen atoms in total. The van der Waals surface area contributed by atoms with Crippen molar-refractivity contribution in [3.05, 3.63) is 66.5 Å². The fraction of sp³-hybridized carbons (Fsp3) is 0.345. The highest BCUT2D eigenvalue weighted by Crippen LogP contribution is 2.36. The lowest BCUT2D eigenvalue weighted by Gasteiger charge is -2.17. The molecule has 0 unspecified atom stereocenters. The van der Waals surface area contributed by atoms with Gasteiger partial charge in [0.05, 0.1) is 5.41 Å². The predicted molar refractivity (Wildman–Crippen MR) is 139 cm³/mol. The highest BCUT2D eigenvalue weighted by molar-refractivity contribution is 5.87. The summed E-state index contributed by atoms with van der Waals surface area (Å²) in [5.74, 6) is -2.04. The fourth-order valence-corrected chi connectivity index (χ4v) is 2.77. The first kappa shape index (κ1) is 30.1. The van der Waals surface area contributed by atoms with Crippen molar-refractivity contribution in [1.82, 2.24) is 0 Å². The van der Waals surface area contributed by atoms with Gasteiger partial charge in [0.15, 0.2) is 17.3 Å². The van der Waals surface area contributed by atoms with E-state index in [2.05, 4.69) is 13.2 Å². The summed E-state index contributed by atoms with van der Waals surface area (Å²) in [4.78, 5) is 35.3. The lowest BCUT2D eigenvalue weighted by Crippen LogP contribution is -2.25. The molecule has 0 N–H and O–H groups in total. The molecule has 0 aliphatic heterocycles. The van der Waals surface area contributed by atoms with Crippen LogP contribution < -0.4 is 14.2 Å². The van der Waals surface area contributed by atoms with Crippen LogP contribution in [0, 0.1) is 11.2 Å². The molecule has 9 heteroatoms. The van der Waals surface area contributed by atoms with Gasteiger partial charge >= 0.3 is 17.9 Å². The number of rotatable bonds is 12. The first-order valence-corrected chi connectivity index (χ1v) is 11.9. The molecule has 0 bridgehead atoms. The van der Waals surface area contributed by atoms with Gasteiger partial charge in [-0.3, -0.25) is 4.79 Å². The second-order valence-corrected chi connectivity index (χ2v) is 9.48. The SMILES string of the molecule is C=C(C)C(=O)OCCOc1cc(-c2ccc(OC(=O)C(C)(C)C)cc2)cc(F)c1OCCOC(=O)C(=C)C. The molecule has 0 amide bonds. The zero-order valence-corrected chi connectivity index (χ0v) is 22.4. The summed E-state index contributed by atoms with van der Waals surface area (Å²) < 4.78 is 41.7. The van der Waals surface area contributed by atoms with Crippen molar-refractivity contribution in [2.45, 2.75) is 34.6 Å². The van der Waals surface area contributed by atoms with E-state index in [1.807, 2.05) is 0 Å². The van der Waals surface area contributed by atoms with E-state index in [1.54, 1.807) is 51.1 Å². The molecular formula is C29H33FO8. The molecule has 2 aromatic carbocycles. The Morgan fingerprint density at radius 1 is 0.789 bits per heavy atom. The summed E-state index contributed by atoms with van der Waals surface area (Å²) in [5.41, 5.74) is 0.896.